The van der Waals surface area contributed by atoms with Crippen LogP contribution >= 0.6 is 0 Å². The van der Waals surface area contributed by atoms with Crippen LogP contribution in [0, 0.1) is 6.92 Å². The van der Waals surface area contributed by atoms with Crippen molar-refractivity contribution in [3.63, 3.8) is 0 Å². The molecule has 25 heavy (non-hydrogen) atoms. The predicted molar refractivity (Wildman–Crippen MR) is 77.0 cm³/mol. The molecule has 1 aromatic rings. The summed E-state index contributed by atoms with van der Waals surface area (Å²) in [6.45, 7) is 1.26. The quantitative estimate of drug-likeness (QED) is 0.814. The number of benzene rings is 1. The number of aliphatic hydroxyl groups is 1. The molecule has 2 rings (SSSR count). The number of amides is 1. The summed E-state index contributed by atoms with van der Waals surface area (Å²) in [4.78, 5) is 14.0. The lowest BCUT2D eigenvalue weighted by Crippen LogP contribution is -2.68. The maximum atomic E-state index is 12.8. The van der Waals surface area contributed by atoms with E-state index in [9.17, 15) is 31.1 Å². The van der Waals surface area contributed by atoms with Gasteiger partial charge in [0, 0.05) is 31.9 Å². The van der Waals surface area contributed by atoms with E-state index in [2.05, 4.69) is 0 Å². The Kier molecular flexibility index (Phi) is 4.95. The topological polar surface area (TPSA) is 43.8 Å². The Labute approximate surface area is 139 Å². The van der Waals surface area contributed by atoms with Crippen molar-refractivity contribution >= 4 is 11.6 Å². The van der Waals surface area contributed by atoms with E-state index in [-0.39, 0.29) is 26.2 Å². The number of alkyl halides is 6. The summed E-state index contributed by atoms with van der Waals surface area (Å²) in [5, 5.41) is 9.16. The Balaban J connectivity index is 2.13. The molecule has 1 heterocycles. The number of anilines is 1. The van der Waals surface area contributed by atoms with Gasteiger partial charge in [0.2, 0.25) is 0 Å². The molecule has 1 saturated heterocycles. The maximum absolute atomic E-state index is 12.8. The number of carbonyl (C=O) groups is 1. The maximum Gasteiger partial charge on any atom is 0.435 e. The third-order valence-electron chi connectivity index (χ3n) is 4.10. The van der Waals surface area contributed by atoms with Crippen LogP contribution in [0.4, 0.5) is 32.0 Å². The van der Waals surface area contributed by atoms with Gasteiger partial charge in [-0.2, -0.15) is 26.3 Å². The van der Waals surface area contributed by atoms with Crippen molar-refractivity contribution < 1.29 is 36.2 Å². The molecule has 0 bridgehead atoms. The smallest absolute Gasteiger partial charge is 0.368 e. The molecule has 0 unspecified atom stereocenters. The lowest BCUT2D eigenvalue weighted by atomic mass is 10.00. The molecular weight excluding hydrogens is 354 g/mol. The van der Waals surface area contributed by atoms with Crippen LogP contribution < -0.4 is 4.90 Å². The van der Waals surface area contributed by atoms with Crippen molar-refractivity contribution in [2.75, 3.05) is 31.1 Å². The zero-order valence-electron chi connectivity index (χ0n) is 13.2. The van der Waals surface area contributed by atoms with E-state index in [4.69, 9.17) is 5.11 Å². The minimum absolute atomic E-state index is 0.0561. The fraction of sp³-hybridized carbons (Fsp3) is 0.533. The summed E-state index contributed by atoms with van der Waals surface area (Å²) >= 11 is 0. The number of nitrogens with zero attached hydrogens (tertiary/aromatic N) is 2. The zero-order chi connectivity index (χ0) is 19.0. The standard InChI is InChI=1S/C15H16F6N2O2/c1-10-2-4-11(5-3-10)22-6-8-23(9-7-22)12(24)13(25,14(16,17)18)15(19,20)21/h2-5,25H,6-9H2,1H3. The van der Waals surface area contributed by atoms with E-state index in [1.54, 1.807) is 17.0 Å². The molecular formula is C15H16F6N2O2. The number of hydrogen-bond donors (Lipinski definition) is 1. The van der Waals surface area contributed by atoms with Crippen molar-refractivity contribution in [2.24, 2.45) is 0 Å². The number of aryl methyl sites for hydroxylation is 1. The first kappa shape index (κ1) is 19.4. The van der Waals surface area contributed by atoms with Gasteiger partial charge in [-0.25, -0.2) is 0 Å². The third kappa shape index (κ3) is 3.53. The van der Waals surface area contributed by atoms with Crippen molar-refractivity contribution in [2.45, 2.75) is 24.9 Å². The average Bonchev–Trinajstić information content (AvgIpc) is 2.52. The monoisotopic (exact) mass is 370 g/mol. The highest BCUT2D eigenvalue weighted by atomic mass is 19.4. The van der Waals surface area contributed by atoms with Gasteiger partial charge < -0.3 is 14.9 Å². The van der Waals surface area contributed by atoms with Gasteiger partial charge in [-0.1, -0.05) is 17.7 Å². The fourth-order valence-corrected chi connectivity index (χ4v) is 2.56. The van der Waals surface area contributed by atoms with Crippen LogP contribution in [-0.4, -0.2) is 60.0 Å². The molecule has 1 aliphatic heterocycles. The molecule has 0 radical (unpaired) electrons. The van der Waals surface area contributed by atoms with Gasteiger partial charge in [0.15, 0.2) is 0 Å². The second kappa shape index (κ2) is 6.40. The van der Waals surface area contributed by atoms with E-state index >= 15 is 0 Å². The molecule has 0 saturated carbocycles. The second-order valence-electron chi connectivity index (χ2n) is 5.82. The van der Waals surface area contributed by atoms with Crippen LogP contribution in [0.2, 0.25) is 0 Å². The van der Waals surface area contributed by atoms with Gasteiger partial charge in [-0.3, -0.25) is 4.79 Å². The number of halogens is 6. The Morgan fingerprint density at radius 2 is 1.36 bits per heavy atom. The van der Waals surface area contributed by atoms with Gasteiger partial charge in [-0.05, 0) is 19.1 Å². The van der Waals surface area contributed by atoms with Crippen LogP contribution in [0.25, 0.3) is 0 Å². The molecule has 0 aromatic heterocycles. The van der Waals surface area contributed by atoms with Crippen LogP contribution in [0.5, 0.6) is 0 Å². The summed E-state index contributed by atoms with van der Waals surface area (Å²) in [5.41, 5.74) is -3.65. The molecule has 4 nitrogen and oxygen atoms in total. The largest absolute Gasteiger partial charge is 0.435 e. The minimum Gasteiger partial charge on any atom is -0.368 e. The van der Waals surface area contributed by atoms with Crippen LogP contribution in [-0.2, 0) is 4.79 Å². The normalized spacial score (nSPS) is 17.0. The molecule has 1 fully saturated rings. The fourth-order valence-electron chi connectivity index (χ4n) is 2.56. The number of carbonyl (C=O) groups excluding carboxylic acids is 1. The van der Waals surface area contributed by atoms with E-state index in [0.717, 1.165) is 11.3 Å². The second-order valence-corrected chi connectivity index (χ2v) is 5.82. The molecule has 1 aliphatic rings. The third-order valence-corrected chi connectivity index (χ3v) is 4.10. The Hall–Kier alpha value is -1.97. The summed E-state index contributed by atoms with van der Waals surface area (Å²) in [6.07, 6.45) is -12.3. The van der Waals surface area contributed by atoms with Gasteiger partial charge in [0.1, 0.15) is 0 Å². The molecule has 1 aromatic carbocycles. The SMILES string of the molecule is Cc1ccc(N2CCN(C(=O)C(O)(C(F)(F)F)C(F)(F)F)CC2)cc1. The van der Waals surface area contributed by atoms with Crippen LogP contribution in [0.15, 0.2) is 24.3 Å². The Bertz CT molecular complexity index is 604. The van der Waals surface area contributed by atoms with E-state index < -0.39 is 23.9 Å². The molecule has 1 amide bonds. The van der Waals surface area contributed by atoms with Crippen LogP contribution in [0.1, 0.15) is 5.56 Å². The molecule has 10 heteroatoms. The van der Waals surface area contributed by atoms with E-state index in [1.165, 1.54) is 0 Å². The first-order chi connectivity index (χ1) is 11.4. The Morgan fingerprint density at radius 3 is 1.76 bits per heavy atom. The van der Waals surface area contributed by atoms with Gasteiger partial charge in [0.25, 0.3) is 5.91 Å². The summed E-state index contributed by atoms with van der Waals surface area (Å²) in [5.74, 6) is -2.39. The number of piperazine rings is 1. The molecule has 0 atom stereocenters. The predicted octanol–water partition coefficient (Wildman–Crippen LogP) is 2.50. The highest BCUT2D eigenvalue weighted by Crippen LogP contribution is 2.44. The summed E-state index contributed by atoms with van der Waals surface area (Å²) in [7, 11) is 0. The highest BCUT2D eigenvalue weighted by Gasteiger charge is 2.76. The summed E-state index contributed by atoms with van der Waals surface area (Å²) < 4.78 is 76.5. The first-order valence-electron chi connectivity index (χ1n) is 7.35. The minimum atomic E-state index is -6.16. The molecule has 140 valence electrons. The average molecular weight is 370 g/mol. The van der Waals surface area contributed by atoms with Crippen molar-refractivity contribution in [3.8, 4) is 0 Å². The van der Waals surface area contributed by atoms with Crippen molar-refractivity contribution in [3.05, 3.63) is 29.8 Å². The van der Waals surface area contributed by atoms with Gasteiger partial charge in [-0.15, -0.1) is 0 Å². The van der Waals surface area contributed by atoms with Crippen molar-refractivity contribution in [1.29, 1.82) is 0 Å². The van der Waals surface area contributed by atoms with E-state index in [1.807, 2.05) is 19.1 Å². The zero-order valence-corrected chi connectivity index (χ0v) is 13.2. The molecule has 0 aliphatic carbocycles. The van der Waals surface area contributed by atoms with Crippen molar-refractivity contribution in [1.82, 2.24) is 4.90 Å². The van der Waals surface area contributed by atoms with Gasteiger partial charge >= 0.3 is 18.0 Å². The van der Waals surface area contributed by atoms with Gasteiger partial charge in [0.05, 0.1) is 0 Å². The number of hydrogen-bond acceptors (Lipinski definition) is 3. The number of rotatable bonds is 2. The lowest BCUT2D eigenvalue weighted by molar-refractivity contribution is -0.353. The lowest BCUT2D eigenvalue weighted by Gasteiger charge is -2.40. The first-order valence-corrected chi connectivity index (χ1v) is 7.35. The Morgan fingerprint density at radius 1 is 0.920 bits per heavy atom. The molecule has 0 spiro atoms. The summed E-state index contributed by atoms with van der Waals surface area (Å²) in [6, 6.07) is 7.18. The molecule has 1 N–H and O–H groups in total. The highest BCUT2D eigenvalue weighted by molar-refractivity contribution is 5.87. The van der Waals surface area contributed by atoms with Crippen LogP contribution in [0.3, 0.4) is 0 Å². The van der Waals surface area contributed by atoms with E-state index in [0.29, 0.717) is 4.90 Å².